The first kappa shape index (κ1) is 11.7. The van der Waals surface area contributed by atoms with Gasteiger partial charge >= 0.3 is 5.97 Å². The van der Waals surface area contributed by atoms with Crippen LogP contribution in [0.25, 0.3) is 0 Å². The minimum Gasteiger partial charge on any atom is -0.481 e. The van der Waals surface area contributed by atoms with E-state index in [2.05, 4.69) is 0 Å². The molecule has 0 bridgehead atoms. The molecule has 1 aromatic carbocycles. The summed E-state index contributed by atoms with van der Waals surface area (Å²) in [6.07, 6.45) is 1.11. The summed E-state index contributed by atoms with van der Waals surface area (Å²) in [5.74, 6) is -1.41. The van der Waals surface area contributed by atoms with E-state index in [1.54, 1.807) is 12.1 Å². The third-order valence-corrected chi connectivity index (χ3v) is 3.16. The Morgan fingerprint density at radius 2 is 2.06 bits per heavy atom. The largest absolute Gasteiger partial charge is 0.481 e. The molecule has 0 aromatic heterocycles. The van der Waals surface area contributed by atoms with E-state index >= 15 is 0 Å². The van der Waals surface area contributed by atoms with Crippen molar-refractivity contribution in [3.8, 4) is 0 Å². The van der Waals surface area contributed by atoms with E-state index in [4.69, 9.17) is 10.8 Å². The van der Waals surface area contributed by atoms with Crippen LogP contribution in [0.5, 0.6) is 0 Å². The highest BCUT2D eigenvalue weighted by Crippen LogP contribution is 2.26. The summed E-state index contributed by atoms with van der Waals surface area (Å²) >= 11 is 0. The van der Waals surface area contributed by atoms with Gasteiger partial charge in [-0.3, -0.25) is 4.79 Å². The molecule has 0 aliphatic carbocycles. The Balaban J connectivity index is 2.08. The summed E-state index contributed by atoms with van der Waals surface area (Å²) in [4.78, 5) is 12.7. The number of hydrogen-bond acceptors (Lipinski definition) is 3. The third-order valence-electron chi connectivity index (χ3n) is 3.16. The molecular weight excluding hydrogens is 223 g/mol. The van der Waals surface area contributed by atoms with Gasteiger partial charge in [0, 0.05) is 18.8 Å². The highest BCUT2D eigenvalue weighted by atomic mass is 19.1. The molecular formula is C12H15FN2O2. The Morgan fingerprint density at radius 3 is 2.59 bits per heavy atom. The van der Waals surface area contributed by atoms with Crippen LogP contribution >= 0.6 is 0 Å². The first-order valence-corrected chi connectivity index (χ1v) is 5.60. The number of carboxylic acid groups (broad SMARTS) is 1. The van der Waals surface area contributed by atoms with Crippen molar-refractivity contribution in [1.29, 1.82) is 0 Å². The summed E-state index contributed by atoms with van der Waals surface area (Å²) in [6, 6.07) is 4.59. The van der Waals surface area contributed by atoms with Crippen LogP contribution in [-0.4, -0.2) is 24.2 Å². The SMILES string of the molecule is Nc1ccc(N2CCC(C(=O)O)CC2)c(F)c1. The second-order valence-electron chi connectivity index (χ2n) is 4.31. The van der Waals surface area contributed by atoms with Crippen LogP contribution in [0.3, 0.4) is 0 Å². The Labute approximate surface area is 98.8 Å². The van der Waals surface area contributed by atoms with Gasteiger partial charge in [-0.1, -0.05) is 0 Å². The van der Waals surface area contributed by atoms with Crippen LogP contribution in [-0.2, 0) is 4.79 Å². The predicted molar refractivity (Wildman–Crippen MR) is 63.4 cm³/mol. The van der Waals surface area contributed by atoms with Crippen molar-refractivity contribution < 1.29 is 14.3 Å². The fraction of sp³-hybridized carbons (Fsp3) is 0.417. The van der Waals surface area contributed by atoms with Crippen molar-refractivity contribution >= 4 is 17.3 Å². The molecule has 4 nitrogen and oxygen atoms in total. The lowest BCUT2D eigenvalue weighted by Gasteiger charge is -2.32. The molecule has 17 heavy (non-hydrogen) atoms. The van der Waals surface area contributed by atoms with Crippen molar-refractivity contribution in [2.24, 2.45) is 5.92 Å². The molecule has 0 unspecified atom stereocenters. The number of hydrogen-bond donors (Lipinski definition) is 2. The quantitative estimate of drug-likeness (QED) is 0.770. The predicted octanol–water partition coefficient (Wildman–Crippen LogP) is 1.71. The topological polar surface area (TPSA) is 66.6 Å². The van der Waals surface area contributed by atoms with Gasteiger partial charge in [-0.2, -0.15) is 0 Å². The first-order chi connectivity index (χ1) is 8.08. The Bertz CT molecular complexity index is 429. The maximum atomic E-state index is 13.7. The minimum atomic E-state index is -0.762. The molecule has 1 aromatic rings. The van der Waals surface area contributed by atoms with E-state index in [0.29, 0.717) is 37.3 Å². The van der Waals surface area contributed by atoms with Crippen LogP contribution in [0, 0.1) is 11.7 Å². The maximum Gasteiger partial charge on any atom is 0.306 e. The van der Waals surface area contributed by atoms with Crippen molar-refractivity contribution in [3.63, 3.8) is 0 Å². The fourth-order valence-corrected chi connectivity index (χ4v) is 2.15. The van der Waals surface area contributed by atoms with Gasteiger partial charge in [0.25, 0.3) is 0 Å². The Morgan fingerprint density at radius 1 is 1.41 bits per heavy atom. The van der Waals surface area contributed by atoms with Gasteiger partial charge in [0.1, 0.15) is 5.82 Å². The smallest absolute Gasteiger partial charge is 0.306 e. The average Bonchev–Trinajstić information content (AvgIpc) is 2.29. The normalized spacial score (nSPS) is 17.1. The standard InChI is InChI=1S/C12H15FN2O2/c13-10-7-9(14)1-2-11(10)15-5-3-8(4-6-15)12(16)17/h1-2,7-8H,3-6,14H2,(H,16,17). The molecule has 0 saturated carbocycles. The number of rotatable bonds is 2. The monoisotopic (exact) mass is 238 g/mol. The van der Waals surface area contributed by atoms with Gasteiger partial charge in [-0.05, 0) is 31.0 Å². The van der Waals surface area contributed by atoms with Gasteiger partial charge in [-0.25, -0.2) is 4.39 Å². The second kappa shape index (κ2) is 4.61. The summed E-state index contributed by atoms with van der Waals surface area (Å²) in [7, 11) is 0. The number of carboxylic acids is 1. The van der Waals surface area contributed by atoms with E-state index in [-0.39, 0.29) is 11.7 Å². The molecule has 1 heterocycles. The number of benzene rings is 1. The first-order valence-electron chi connectivity index (χ1n) is 5.60. The minimum absolute atomic E-state index is 0.303. The van der Waals surface area contributed by atoms with Gasteiger partial charge in [-0.15, -0.1) is 0 Å². The molecule has 2 rings (SSSR count). The molecule has 0 atom stereocenters. The molecule has 1 saturated heterocycles. The number of halogens is 1. The molecule has 92 valence electrons. The van der Waals surface area contributed by atoms with E-state index in [0.717, 1.165) is 0 Å². The van der Waals surface area contributed by atoms with E-state index in [9.17, 15) is 9.18 Å². The Kier molecular flexibility index (Phi) is 3.17. The summed E-state index contributed by atoms with van der Waals surface area (Å²) in [5.41, 5.74) is 6.38. The molecule has 1 aliphatic heterocycles. The van der Waals surface area contributed by atoms with Gasteiger partial charge in [0.05, 0.1) is 11.6 Å². The second-order valence-corrected chi connectivity index (χ2v) is 4.31. The molecule has 5 heteroatoms. The zero-order chi connectivity index (χ0) is 12.4. The molecule has 0 radical (unpaired) electrons. The van der Waals surface area contributed by atoms with Crippen molar-refractivity contribution in [1.82, 2.24) is 0 Å². The molecule has 0 amide bonds. The van der Waals surface area contributed by atoms with Crippen LogP contribution in [0.15, 0.2) is 18.2 Å². The lowest BCUT2D eigenvalue weighted by molar-refractivity contribution is -0.142. The maximum absolute atomic E-state index is 13.7. The lowest BCUT2D eigenvalue weighted by Crippen LogP contribution is -2.36. The third kappa shape index (κ3) is 2.49. The highest BCUT2D eigenvalue weighted by Gasteiger charge is 2.25. The van der Waals surface area contributed by atoms with Crippen LogP contribution in [0.1, 0.15) is 12.8 Å². The Hall–Kier alpha value is -1.78. The summed E-state index contributed by atoms with van der Waals surface area (Å²) in [6.45, 7) is 1.13. The number of nitrogens with two attached hydrogens (primary N) is 1. The number of anilines is 2. The summed E-state index contributed by atoms with van der Waals surface area (Å²) < 4.78 is 13.7. The number of piperidine rings is 1. The van der Waals surface area contributed by atoms with Crippen LogP contribution in [0.4, 0.5) is 15.8 Å². The number of nitrogen functional groups attached to an aromatic ring is 1. The van der Waals surface area contributed by atoms with Crippen molar-refractivity contribution in [3.05, 3.63) is 24.0 Å². The van der Waals surface area contributed by atoms with Crippen LogP contribution in [0.2, 0.25) is 0 Å². The van der Waals surface area contributed by atoms with E-state index in [1.165, 1.54) is 6.07 Å². The number of aliphatic carboxylic acids is 1. The zero-order valence-corrected chi connectivity index (χ0v) is 9.40. The highest BCUT2D eigenvalue weighted by molar-refractivity contribution is 5.70. The van der Waals surface area contributed by atoms with Gasteiger partial charge in [0.15, 0.2) is 0 Å². The zero-order valence-electron chi connectivity index (χ0n) is 9.40. The molecule has 1 fully saturated rings. The number of carbonyl (C=O) groups is 1. The summed E-state index contributed by atoms with van der Waals surface area (Å²) in [5, 5.41) is 8.88. The van der Waals surface area contributed by atoms with Gasteiger partial charge in [0.2, 0.25) is 0 Å². The number of nitrogens with zero attached hydrogens (tertiary/aromatic N) is 1. The fourth-order valence-electron chi connectivity index (χ4n) is 2.15. The van der Waals surface area contributed by atoms with Gasteiger partial charge < -0.3 is 15.7 Å². The van der Waals surface area contributed by atoms with Crippen molar-refractivity contribution in [2.45, 2.75) is 12.8 Å². The molecule has 1 aliphatic rings. The molecule has 3 N–H and O–H groups in total. The van der Waals surface area contributed by atoms with Crippen LogP contribution < -0.4 is 10.6 Å². The van der Waals surface area contributed by atoms with E-state index < -0.39 is 5.97 Å². The van der Waals surface area contributed by atoms with E-state index in [1.807, 2.05) is 4.90 Å². The average molecular weight is 238 g/mol. The molecule has 0 spiro atoms. The lowest BCUT2D eigenvalue weighted by atomic mass is 9.96. The van der Waals surface area contributed by atoms with Crippen molar-refractivity contribution in [2.75, 3.05) is 23.7 Å².